The summed E-state index contributed by atoms with van der Waals surface area (Å²) < 4.78 is 31.0. The summed E-state index contributed by atoms with van der Waals surface area (Å²) in [5.41, 5.74) is 0.157. The zero-order chi connectivity index (χ0) is 11.5. The lowest BCUT2D eigenvalue weighted by atomic mass is 10.1. The van der Waals surface area contributed by atoms with E-state index in [1.807, 2.05) is 0 Å². The van der Waals surface area contributed by atoms with Gasteiger partial charge >= 0.3 is 11.9 Å². The monoisotopic (exact) mass is 215 g/mol. The molecule has 0 bridgehead atoms. The van der Waals surface area contributed by atoms with Gasteiger partial charge in [0.15, 0.2) is 0 Å². The molecule has 1 heterocycles. The molecule has 0 saturated heterocycles. The Hall–Kier alpha value is -1.52. The van der Waals surface area contributed by atoms with Crippen LogP contribution in [0.3, 0.4) is 0 Å². The SMILES string of the molecule is CCOC(=O)C(F)(F)c1ccc(C)nc1. The van der Waals surface area contributed by atoms with Crippen LogP contribution in [-0.2, 0) is 15.5 Å². The summed E-state index contributed by atoms with van der Waals surface area (Å²) in [4.78, 5) is 14.7. The Morgan fingerprint density at radius 3 is 2.67 bits per heavy atom. The second-order valence-corrected chi connectivity index (χ2v) is 2.98. The van der Waals surface area contributed by atoms with Crippen LogP contribution in [-0.4, -0.2) is 17.6 Å². The second-order valence-electron chi connectivity index (χ2n) is 2.98. The van der Waals surface area contributed by atoms with Crippen LogP contribution >= 0.6 is 0 Å². The first-order chi connectivity index (χ1) is 6.98. The fraction of sp³-hybridized carbons (Fsp3) is 0.400. The molecule has 0 atom stereocenters. The van der Waals surface area contributed by atoms with Crippen LogP contribution in [0, 0.1) is 6.92 Å². The van der Waals surface area contributed by atoms with E-state index in [2.05, 4.69) is 9.72 Å². The predicted octanol–water partition coefficient (Wildman–Crippen LogP) is 2.04. The quantitative estimate of drug-likeness (QED) is 0.724. The third-order valence-corrected chi connectivity index (χ3v) is 1.81. The third kappa shape index (κ3) is 2.49. The summed E-state index contributed by atoms with van der Waals surface area (Å²) in [6.07, 6.45) is 0.978. The number of carbonyl (C=O) groups excluding carboxylic acids is 1. The molecule has 0 aliphatic carbocycles. The first-order valence-corrected chi connectivity index (χ1v) is 4.46. The number of hydrogen-bond acceptors (Lipinski definition) is 3. The van der Waals surface area contributed by atoms with Crippen LogP contribution in [0.1, 0.15) is 18.2 Å². The molecule has 0 fully saturated rings. The zero-order valence-corrected chi connectivity index (χ0v) is 8.46. The number of pyridine rings is 1. The molecule has 5 heteroatoms. The molecule has 0 aliphatic rings. The molecule has 0 aliphatic heterocycles. The highest BCUT2D eigenvalue weighted by molar-refractivity contribution is 5.79. The number of esters is 1. The van der Waals surface area contributed by atoms with E-state index in [-0.39, 0.29) is 6.61 Å². The maximum atomic E-state index is 13.4. The number of carbonyl (C=O) groups is 1. The van der Waals surface area contributed by atoms with Gasteiger partial charge in [0.05, 0.1) is 12.2 Å². The Balaban J connectivity index is 2.94. The third-order valence-electron chi connectivity index (χ3n) is 1.81. The van der Waals surface area contributed by atoms with Crippen LogP contribution in [0.15, 0.2) is 18.3 Å². The van der Waals surface area contributed by atoms with Crippen LogP contribution in [0.5, 0.6) is 0 Å². The van der Waals surface area contributed by atoms with Gasteiger partial charge in [-0.25, -0.2) is 4.79 Å². The molecule has 0 spiro atoms. The molecular formula is C10H11F2NO2. The number of aromatic nitrogens is 1. The summed E-state index contributed by atoms with van der Waals surface area (Å²) in [7, 11) is 0. The molecule has 1 rings (SSSR count). The molecule has 3 nitrogen and oxygen atoms in total. The van der Waals surface area contributed by atoms with E-state index in [1.54, 1.807) is 6.92 Å². The van der Waals surface area contributed by atoms with Gasteiger partial charge in [0, 0.05) is 11.9 Å². The minimum atomic E-state index is -3.63. The van der Waals surface area contributed by atoms with Gasteiger partial charge in [-0.15, -0.1) is 0 Å². The molecule has 1 aromatic rings. The average Bonchev–Trinajstić information content (AvgIpc) is 2.18. The second kappa shape index (κ2) is 4.33. The van der Waals surface area contributed by atoms with Crippen LogP contribution < -0.4 is 0 Å². The molecular weight excluding hydrogens is 204 g/mol. The largest absolute Gasteiger partial charge is 0.461 e. The Kier molecular flexibility index (Phi) is 3.34. The normalized spacial score (nSPS) is 11.2. The van der Waals surface area contributed by atoms with Crippen LogP contribution in [0.4, 0.5) is 8.78 Å². The number of rotatable bonds is 3. The van der Waals surface area contributed by atoms with Gasteiger partial charge in [0.25, 0.3) is 0 Å². The van der Waals surface area contributed by atoms with Crippen molar-refractivity contribution in [2.24, 2.45) is 0 Å². The molecule has 0 saturated carbocycles. The van der Waals surface area contributed by atoms with E-state index in [1.165, 1.54) is 19.1 Å². The van der Waals surface area contributed by atoms with Crippen LogP contribution in [0.2, 0.25) is 0 Å². The molecule has 0 N–H and O–H groups in total. The van der Waals surface area contributed by atoms with Crippen molar-refractivity contribution in [1.29, 1.82) is 0 Å². The Bertz CT molecular complexity index is 349. The lowest BCUT2D eigenvalue weighted by Gasteiger charge is -2.14. The summed E-state index contributed by atoms with van der Waals surface area (Å²) in [6.45, 7) is 3.07. The number of ether oxygens (including phenoxy) is 1. The van der Waals surface area contributed by atoms with Crippen molar-refractivity contribution in [3.8, 4) is 0 Å². The number of aryl methyl sites for hydroxylation is 1. The Labute approximate surface area is 86.1 Å². The van der Waals surface area contributed by atoms with E-state index in [0.29, 0.717) is 5.69 Å². The fourth-order valence-electron chi connectivity index (χ4n) is 0.993. The fourth-order valence-corrected chi connectivity index (χ4v) is 0.993. The molecule has 1 aromatic heterocycles. The maximum Gasteiger partial charge on any atom is 0.382 e. The average molecular weight is 215 g/mol. The number of nitrogens with zero attached hydrogens (tertiary/aromatic N) is 1. The van der Waals surface area contributed by atoms with E-state index < -0.39 is 17.5 Å². The summed E-state index contributed by atoms with van der Waals surface area (Å²) >= 11 is 0. The lowest BCUT2D eigenvalue weighted by molar-refractivity contribution is -0.173. The van der Waals surface area contributed by atoms with E-state index in [0.717, 1.165) is 6.20 Å². The minimum absolute atomic E-state index is 0.0757. The van der Waals surface area contributed by atoms with Crippen molar-refractivity contribution in [2.45, 2.75) is 19.8 Å². The molecule has 0 radical (unpaired) electrons. The molecule has 0 aromatic carbocycles. The number of halogens is 2. The minimum Gasteiger partial charge on any atom is -0.461 e. The highest BCUT2D eigenvalue weighted by Crippen LogP contribution is 2.28. The number of alkyl halides is 2. The predicted molar refractivity (Wildman–Crippen MR) is 49.5 cm³/mol. The summed E-state index contributed by atoms with van der Waals surface area (Å²) in [6, 6.07) is 2.59. The Morgan fingerprint density at radius 1 is 1.53 bits per heavy atom. The highest BCUT2D eigenvalue weighted by Gasteiger charge is 2.42. The highest BCUT2D eigenvalue weighted by atomic mass is 19.3. The van der Waals surface area contributed by atoms with Crippen molar-refractivity contribution in [1.82, 2.24) is 4.98 Å². The molecule has 82 valence electrons. The van der Waals surface area contributed by atoms with E-state index >= 15 is 0 Å². The van der Waals surface area contributed by atoms with E-state index in [9.17, 15) is 13.6 Å². The first kappa shape index (κ1) is 11.6. The number of hydrogen-bond donors (Lipinski definition) is 0. The van der Waals surface area contributed by atoms with E-state index in [4.69, 9.17) is 0 Å². The summed E-state index contributed by atoms with van der Waals surface area (Å²) in [5.74, 6) is -5.17. The summed E-state index contributed by atoms with van der Waals surface area (Å²) in [5, 5.41) is 0. The van der Waals surface area contributed by atoms with Gasteiger partial charge in [-0.2, -0.15) is 8.78 Å². The van der Waals surface area contributed by atoms with Gasteiger partial charge in [0.2, 0.25) is 0 Å². The molecule has 15 heavy (non-hydrogen) atoms. The molecule has 0 amide bonds. The smallest absolute Gasteiger partial charge is 0.382 e. The topological polar surface area (TPSA) is 39.2 Å². The molecule has 0 unspecified atom stereocenters. The van der Waals surface area contributed by atoms with Crippen molar-refractivity contribution in [3.63, 3.8) is 0 Å². The lowest BCUT2D eigenvalue weighted by Crippen LogP contribution is -2.28. The standard InChI is InChI=1S/C10H11F2NO2/c1-3-15-9(14)10(11,12)8-5-4-7(2)13-6-8/h4-6H,3H2,1-2H3. The van der Waals surface area contributed by atoms with Gasteiger partial charge in [-0.05, 0) is 26.0 Å². The van der Waals surface area contributed by atoms with Gasteiger partial charge in [-0.3, -0.25) is 4.98 Å². The van der Waals surface area contributed by atoms with Crippen molar-refractivity contribution >= 4 is 5.97 Å². The van der Waals surface area contributed by atoms with Gasteiger partial charge in [-0.1, -0.05) is 0 Å². The Morgan fingerprint density at radius 2 is 2.20 bits per heavy atom. The zero-order valence-electron chi connectivity index (χ0n) is 8.46. The first-order valence-electron chi connectivity index (χ1n) is 4.46. The van der Waals surface area contributed by atoms with Gasteiger partial charge < -0.3 is 4.74 Å². The maximum absolute atomic E-state index is 13.4. The van der Waals surface area contributed by atoms with Crippen molar-refractivity contribution in [3.05, 3.63) is 29.6 Å². The van der Waals surface area contributed by atoms with Crippen molar-refractivity contribution in [2.75, 3.05) is 6.61 Å². The van der Waals surface area contributed by atoms with Crippen molar-refractivity contribution < 1.29 is 18.3 Å². The van der Waals surface area contributed by atoms with Crippen LogP contribution in [0.25, 0.3) is 0 Å². The van der Waals surface area contributed by atoms with Gasteiger partial charge in [0.1, 0.15) is 0 Å².